The molecule has 0 bridgehead atoms. The van der Waals surface area contributed by atoms with E-state index in [1.165, 1.54) is 0 Å². The molecule has 0 saturated carbocycles. The molecule has 1 unspecified atom stereocenters. The van der Waals surface area contributed by atoms with Crippen molar-refractivity contribution in [3.63, 3.8) is 0 Å². The molecule has 0 spiro atoms. The van der Waals surface area contributed by atoms with Gasteiger partial charge in [0.05, 0.1) is 12.5 Å². The van der Waals surface area contributed by atoms with Crippen LogP contribution in [0.4, 0.5) is 0 Å². The first-order chi connectivity index (χ1) is 8.86. The van der Waals surface area contributed by atoms with E-state index in [-0.39, 0.29) is 11.8 Å². The number of piperidine rings is 1. The minimum absolute atomic E-state index is 0.121. The van der Waals surface area contributed by atoms with Gasteiger partial charge in [-0.3, -0.25) is 4.79 Å². The monoisotopic (exact) mass is 248 g/mol. The lowest BCUT2D eigenvalue weighted by atomic mass is 9.99. The van der Waals surface area contributed by atoms with Crippen LogP contribution in [-0.2, 0) is 4.79 Å². The largest absolute Gasteiger partial charge is 0.492 e. The molecule has 1 aromatic carbocycles. The van der Waals surface area contributed by atoms with Crippen LogP contribution < -0.4 is 15.4 Å². The zero-order chi connectivity index (χ0) is 12.6. The molecule has 1 atom stereocenters. The SMILES string of the molecule is O=C(NCCOc1ccccc1)C1CCCNC1. The predicted molar refractivity (Wildman–Crippen MR) is 70.5 cm³/mol. The molecule has 0 radical (unpaired) electrons. The molecule has 4 heteroatoms. The van der Waals surface area contributed by atoms with Crippen molar-refractivity contribution >= 4 is 5.91 Å². The molecule has 1 amide bonds. The van der Waals surface area contributed by atoms with Crippen LogP contribution in [0.1, 0.15) is 12.8 Å². The average molecular weight is 248 g/mol. The number of rotatable bonds is 5. The van der Waals surface area contributed by atoms with Crippen molar-refractivity contribution in [2.24, 2.45) is 5.92 Å². The number of carbonyl (C=O) groups excluding carboxylic acids is 1. The molecule has 1 fully saturated rings. The fraction of sp³-hybridized carbons (Fsp3) is 0.500. The second kappa shape index (κ2) is 7.01. The molecule has 4 nitrogen and oxygen atoms in total. The van der Waals surface area contributed by atoms with Crippen molar-refractivity contribution in [3.8, 4) is 5.75 Å². The van der Waals surface area contributed by atoms with Gasteiger partial charge in [-0.2, -0.15) is 0 Å². The van der Waals surface area contributed by atoms with Gasteiger partial charge in [0.25, 0.3) is 0 Å². The zero-order valence-electron chi connectivity index (χ0n) is 10.5. The molecule has 0 aromatic heterocycles. The van der Waals surface area contributed by atoms with Crippen LogP contribution >= 0.6 is 0 Å². The lowest BCUT2D eigenvalue weighted by Gasteiger charge is -2.21. The fourth-order valence-corrected chi connectivity index (χ4v) is 2.08. The van der Waals surface area contributed by atoms with E-state index in [2.05, 4.69) is 10.6 Å². The molecule has 98 valence electrons. The summed E-state index contributed by atoms with van der Waals surface area (Å²) in [6.07, 6.45) is 2.07. The van der Waals surface area contributed by atoms with Crippen LogP contribution in [0.15, 0.2) is 30.3 Å². The minimum Gasteiger partial charge on any atom is -0.492 e. The van der Waals surface area contributed by atoms with Crippen molar-refractivity contribution in [3.05, 3.63) is 30.3 Å². The summed E-state index contributed by atoms with van der Waals surface area (Å²) in [5, 5.41) is 6.16. The number of hydrogen-bond donors (Lipinski definition) is 2. The van der Waals surface area contributed by atoms with E-state index in [9.17, 15) is 4.79 Å². The van der Waals surface area contributed by atoms with Gasteiger partial charge < -0.3 is 15.4 Å². The molecule has 2 rings (SSSR count). The lowest BCUT2D eigenvalue weighted by molar-refractivity contribution is -0.125. The fourth-order valence-electron chi connectivity index (χ4n) is 2.08. The highest BCUT2D eigenvalue weighted by atomic mass is 16.5. The Labute approximate surface area is 108 Å². The van der Waals surface area contributed by atoms with Gasteiger partial charge in [-0.25, -0.2) is 0 Å². The van der Waals surface area contributed by atoms with Crippen LogP contribution in [0, 0.1) is 5.92 Å². The average Bonchev–Trinajstić information content (AvgIpc) is 2.45. The number of benzene rings is 1. The maximum atomic E-state index is 11.8. The van der Waals surface area contributed by atoms with Gasteiger partial charge >= 0.3 is 0 Å². The number of para-hydroxylation sites is 1. The Morgan fingerprint density at radius 3 is 2.94 bits per heavy atom. The summed E-state index contributed by atoms with van der Waals surface area (Å²) >= 11 is 0. The maximum absolute atomic E-state index is 11.8. The smallest absolute Gasteiger partial charge is 0.224 e. The van der Waals surface area contributed by atoms with Crippen molar-refractivity contribution in [2.75, 3.05) is 26.2 Å². The molecule has 1 aliphatic heterocycles. The summed E-state index contributed by atoms with van der Waals surface area (Å²) < 4.78 is 5.51. The minimum atomic E-state index is 0.121. The van der Waals surface area contributed by atoms with Gasteiger partial charge in [-0.1, -0.05) is 18.2 Å². The first-order valence-electron chi connectivity index (χ1n) is 6.52. The lowest BCUT2D eigenvalue weighted by Crippen LogP contribution is -2.41. The van der Waals surface area contributed by atoms with E-state index in [4.69, 9.17) is 4.74 Å². The second-order valence-corrected chi connectivity index (χ2v) is 4.50. The third kappa shape index (κ3) is 4.04. The van der Waals surface area contributed by atoms with Gasteiger partial charge in [-0.15, -0.1) is 0 Å². The quantitative estimate of drug-likeness (QED) is 0.769. The highest BCUT2D eigenvalue weighted by molar-refractivity contribution is 5.78. The van der Waals surface area contributed by atoms with Crippen LogP contribution in [-0.4, -0.2) is 32.1 Å². The van der Waals surface area contributed by atoms with Crippen molar-refractivity contribution < 1.29 is 9.53 Å². The van der Waals surface area contributed by atoms with Crippen LogP contribution in [0.5, 0.6) is 5.75 Å². The van der Waals surface area contributed by atoms with Crippen molar-refractivity contribution in [1.82, 2.24) is 10.6 Å². The van der Waals surface area contributed by atoms with Gasteiger partial charge in [0.2, 0.25) is 5.91 Å². The van der Waals surface area contributed by atoms with Gasteiger partial charge in [0.1, 0.15) is 12.4 Å². The number of nitrogens with one attached hydrogen (secondary N) is 2. The Morgan fingerprint density at radius 2 is 2.22 bits per heavy atom. The van der Waals surface area contributed by atoms with E-state index in [1.54, 1.807) is 0 Å². The maximum Gasteiger partial charge on any atom is 0.224 e. The summed E-state index contributed by atoms with van der Waals surface area (Å²) in [6.45, 7) is 2.90. The summed E-state index contributed by atoms with van der Waals surface area (Å²) in [7, 11) is 0. The third-order valence-corrected chi connectivity index (χ3v) is 3.08. The van der Waals surface area contributed by atoms with E-state index >= 15 is 0 Å². The molecule has 18 heavy (non-hydrogen) atoms. The highest BCUT2D eigenvalue weighted by Gasteiger charge is 2.19. The first-order valence-corrected chi connectivity index (χ1v) is 6.52. The summed E-state index contributed by atoms with van der Waals surface area (Å²) in [6, 6.07) is 9.63. The number of ether oxygens (including phenoxy) is 1. The summed E-state index contributed by atoms with van der Waals surface area (Å²) in [4.78, 5) is 11.8. The van der Waals surface area contributed by atoms with Crippen LogP contribution in [0.2, 0.25) is 0 Å². The molecule has 1 aliphatic rings. The Bertz CT molecular complexity index is 361. The molecular formula is C14H20N2O2. The second-order valence-electron chi connectivity index (χ2n) is 4.50. The van der Waals surface area contributed by atoms with E-state index in [1.807, 2.05) is 30.3 Å². The molecule has 0 aliphatic carbocycles. The molecule has 1 aromatic rings. The molecule has 1 heterocycles. The van der Waals surface area contributed by atoms with E-state index in [0.717, 1.165) is 31.7 Å². The normalized spacial score (nSPS) is 19.2. The molecular weight excluding hydrogens is 228 g/mol. The van der Waals surface area contributed by atoms with Crippen molar-refractivity contribution in [2.45, 2.75) is 12.8 Å². The van der Waals surface area contributed by atoms with Crippen LogP contribution in [0.3, 0.4) is 0 Å². The Balaban J connectivity index is 1.61. The third-order valence-electron chi connectivity index (χ3n) is 3.08. The number of carbonyl (C=O) groups is 1. The van der Waals surface area contributed by atoms with Gasteiger partial charge in [0.15, 0.2) is 0 Å². The van der Waals surface area contributed by atoms with Gasteiger partial charge in [-0.05, 0) is 31.5 Å². The zero-order valence-corrected chi connectivity index (χ0v) is 10.5. The van der Waals surface area contributed by atoms with E-state index < -0.39 is 0 Å². The number of amides is 1. The predicted octanol–water partition coefficient (Wildman–Crippen LogP) is 1.18. The van der Waals surface area contributed by atoms with Gasteiger partial charge in [0, 0.05) is 6.54 Å². The van der Waals surface area contributed by atoms with Crippen LogP contribution in [0.25, 0.3) is 0 Å². The summed E-state index contributed by atoms with van der Waals surface area (Å²) in [5.41, 5.74) is 0. The summed E-state index contributed by atoms with van der Waals surface area (Å²) in [5.74, 6) is 1.10. The Morgan fingerprint density at radius 1 is 1.39 bits per heavy atom. The van der Waals surface area contributed by atoms with Crippen molar-refractivity contribution in [1.29, 1.82) is 0 Å². The number of hydrogen-bond acceptors (Lipinski definition) is 3. The molecule has 1 saturated heterocycles. The highest BCUT2D eigenvalue weighted by Crippen LogP contribution is 2.10. The Hall–Kier alpha value is -1.55. The molecule has 2 N–H and O–H groups in total. The Kier molecular flexibility index (Phi) is 5.02. The standard InChI is InChI=1S/C14H20N2O2/c17-14(12-5-4-8-15-11-12)16-9-10-18-13-6-2-1-3-7-13/h1-3,6-7,12,15H,4-5,8-11H2,(H,16,17). The first kappa shape index (κ1) is 12.9. The topological polar surface area (TPSA) is 50.4 Å². The van der Waals surface area contributed by atoms with E-state index in [0.29, 0.717) is 13.2 Å².